The first kappa shape index (κ1) is 15.4. The Balaban J connectivity index is 2.94. The molecule has 0 aliphatic carbocycles. The highest BCUT2D eigenvalue weighted by Gasteiger charge is 2.29. The number of imide groups is 1. The van der Waals surface area contributed by atoms with Gasteiger partial charge >= 0.3 is 6.09 Å². The number of nitrogens with zero attached hydrogens (tertiary/aromatic N) is 2. The molecular weight excluding hydrogens is 262 g/mol. The molecule has 1 rings (SSSR count). The molecule has 106 valence electrons. The SMILES string of the molecule is CN=C(Nc1ccccc1)C(C=O)C(=O)N(C)C(=O)O. The third kappa shape index (κ3) is 3.64. The molecule has 0 aliphatic heterocycles. The topological polar surface area (TPSA) is 99.1 Å². The Bertz CT molecular complexity index is 528. The summed E-state index contributed by atoms with van der Waals surface area (Å²) in [4.78, 5) is 38.1. The van der Waals surface area contributed by atoms with E-state index in [1.807, 2.05) is 6.07 Å². The molecule has 0 aliphatic rings. The van der Waals surface area contributed by atoms with Crippen LogP contribution in [-0.2, 0) is 9.59 Å². The monoisotopic (exact) mass is 277 g/mol. The molecule has 7 nitrogen and oxygen atoms in total. The van der Waals surface area contributed by atoms with Crippen LogP contribution in [0.2, 0.25) is 0 Å². The lowest BCUT2D eigenvalue weighted by Gasteiger charge is -2.18. The molecular formula is C13H15N3O4. The van der Waals surface area contributed by atoms with Gasteiger partial charge in [-0.15, -0.1) is 0 Å². The third-order valence-corrected chi connectivity index (χ3v) is 2.60. The zero-order chi connectivity index (χ0) is 15.1. The Morgan fingerprint density at radius 3 is 2.40 bits per heavy atom. The number of hydrogen-bond donors (Lipinski definition) is 2. The maximum atomic E-state index is 11.9. The summed E-state index contributed by atoms with van der Waals surface area (Å²) in [6.07, 6.45) is -1.07. The quantitative estimate of drug-likeness (QED) is 0.371. The summed E-state index contributed by atoms with van der Waals surface area (Å²) in [6.45, 7) is 0. The molecule has 0 spiro atoms. The summed E-state index contributed by atoms with van der Waals surface area (Å²) < 4.78 is 0. The molecule has 0 aromatic heterocycles. The van der Waals surface area contributed by atoms with Crippen molar-refractivity contribution in [2.45, 2.75) is 0 Å². The highest BCUT2D eigenvalue weighted by atomic mass is 16.4. The average molecular weight is 277 g/mol. The van der Waals surface area contributed by atoms with Gasteiger partial charge in [-0.25, -0.2) is 9.69 Å². The van der Waals surface area contributed by atoms with Crippen molar-refractivity contribution >= 4 is 29.8 Å². The molecule has 0 radical (unpaired) electrons. The van der Waals surface area contributed by atoms with Crippen LogP contribution in [0, 0.1) is 5.92 Å². The van der Waals surface area contributed by atoms with E-state index in [9.17, 15) is 14.4 Å². The van der Waals surface area contributed by atoms with Crippen molar-refractivity contribution in [1.29, 1.82) is 0 Å². The standard InChI is InChI=1S/C13H15N3O4/c1-14-11(15-9-6-4-3-5-7-9)10(8-17)12(18)16(2)13(19)20/h3-8,10H,1-2H3,(H,14,15)(H,19,20). The number of amides is 2. The number of amidine groups is 1. The van der Waals surface area contributed by atoms with E-state index in [0.29, 0.717) is 16.9 Å². The number of benzene rings is 1. The van der Waals surface area contributed by atoms with Crippen LogP contribution in [0.1, 0.15) is 0 Å². The van der Waals surface area contributed by atoms with Crippen LogP contribution in [0.3, 0.4) is 0 Å². The van der Waals surface area contributed by atoms with Gasteiger partial charge in [0.2, 0.25) is 5.91 Å². The minimum Gasteiger partial charge on any atom is -0.465 e. The van der Waals surface area contributed by atoms with E-state index in [2.05, 4.69) is 10.3 Å². The summed E-state index contributed by atoms with van der Waals surface area (Å²) in [5.41, 5.74) is 0.644. The molecule has 0 bridgehead atoms. The van der Waals surface area contributed by atoms with Gasteiger partial charge in [-0.3, -0.25) is 9.79 Å². The number of carbonyl (C=O) groups is 3. The van der Waals surface area contributed by atoms with Crippen LogP contribution < -0.4 is 5.32 Å². The predicted molar refractivity (Wildman–Crippen MR) is 73.8 cm³/mol. The van der Waals surface area contributed by atoms with Gasteiger partial charge in [0.1, 0.15) is 12.1 Å². The second-order valence-electron chi connectivity index (χ2n) is 3.89. The first-order valence-electron chi connectivity index (χ1n) is 5.75. The predicted octanol–water partition coefficient (Wildman–Crippen LogP) is 1.08. The molecule has 2 N–H and O–H groups in total. The fraction of sp³-hybridized carbons (Fsp3) is 0.231. The Morgan fingerprint density at radius 2 is 1.95 bits per heavy atom. The van der Waals surface area contributed by atoms with Gasteiger partial charge in [0.25, 0.3) is 0 Å². The number of aldehydes is 1. The molecule has 2 amide bonds. The normalized spacial score (nSPS) is 12.4. The van der Waals surface area contributed by atoms with Gasteiger partial charge in [0.05, 0.1) is 0 Å². The van der Waals surface area contributed by atoms with Crippen molar-refractivity contribution in [2.24, 2.45) is 10.9 Å². The largest absolute Gasteiger partial charge is 0.465 e. The summed E-state index contributed by atoms with van der Waals surface area (Å²) in [5, 5.41) is 11.6. The first-order chi connectivity index (χ1) is 9.51. The number of rotatable bonds is 4. The average Bonchev–Trinajstić information content (AvgIpc) is 2.46. The van der Waals surface area contributed by atoms with Gasteiger partial charge in [-0.05, 0) is 12.1 Å². The van der Waals surface area contributed by atoms with Crippen LogP contribution in [0.15, 0.2) is 35.3 Å². The lowest BCUT2D eigenvalue weighted by molar-refractivity contribution is -0.132. The smallest absolute Gasteiger partial charge is 0.413 e. The van der Waals surface area contributed by atoms with E-state index in [4.69, 9.17) is 5.11 Å². The van der Waals surface area contributed by atoms with Crippen molar-refractivity contribution in [3.05, 3.63) is 30.3 Å². The van der Waals surface area contributed by atoms with Crippen LogP contribution >= 0.6 is 0 Å². The van der Waals surface area contributed by atoms with Gasteiger partial charge in [0.15, 0.2) is 5.92 Å². The minimum absolute atomic E-state index is 0.0873. The van der Waals surface area contributed by atoms with E-state index in [0.717, 1.165) is 7.05 Å². The molecule has 1 aromatic carbocycles. The van der Waals surface area contributed by atoms with Crippen molar-refractivity contribution < 1.29 is 19.5 Å². The zero-order valence-electron chi connectivity index (χ0n) is 11.1. The molecule has 0 saturated heterocycles. The zero-order valence-corrected chi connectivity index (χ0v) is 11.1. The first-order valence-corrected chi connectivity index (χ1v) is 5.75. The number of aliphatic imine (C=N–C) groups is 1. The van der Waals surface area contributed by atoms with Crippen molar-refractivity contribution in [3.63, 3.8) is 0 Å². The summed E-state index contributed by atoms with van der Waals surface area (Å²) in [6, 6.07) is 8.83. The Labute approximate surface area is 115 Å². The van der Waals surface area contributed by atoms with Crippen molar-refractivity contribution in [1.82, 2.24) is 4.90 Å². The Kier molecular flexibility index (Phi) is 5.40. The lowest BCUT2D eigenvalue weighted by atomic mass is 10.1. The summed E-state index contributed by atoms with van der Waals surface area (Å²) >= 11 is 0. The number of carboxylic acid groups (broad SMARTS) is 1. The highest BCUT2D eigenvalue weighted by molar-refractivity contribution is 6.20. The number of carbonyl (C=O) groups excluding carboxylic acids is 2. The second-order valence-corrected chi connectivity index (χ2v) is 3.89. The number of anilines is 1. The van der Waals surface area contributed by atoms with Gasteiger partial charge in [-0.2, -0.15) is 0 Å². The summed E-state index contributed by atoms with van der Waals surface area (Å²) in [7, 11) is 2.49. The molecule has 0 heterocycles. The van der Waals surface area contributed by atoms with Gasteiger partial charge < -0.3 is 15.2 Å². The summed E-state index contributed by atoms with van der Waals surface area (Å²) in [5.74, 6) is -2.07. The van der Waals surface area contributed by atoms with E-state index in [1.165, 1.54) is 7.05 Å². The number of nitrogens with one attached hydrogen (secondary N) is 1. The lowest BCUT2D eigenvalue weighted by Crippen LogP contribution is -2.42. The Morgan fingerprint density at radius 1 is 1.35 bits per heavy atom. The van der Waals surface area contributed by atoms with E-state index in [-0.39, 0.29) is 5.84 Å². The number of hydrogen-bond acceptors (Lipinski definition) is 4. The highest BCUT2D eigenvalue weighted by Crippen LogP contribution is 2.10. The molecule has 7 heteroatoms. The molecule has 0 saturated carbocycles. The van der Waals surface area contributed by atoms with E-state index in [1.54, 1.807) is 24.3 Å². The van der Waals surface area contributed by atoms with E-state index >= 15 is 0 Å². The van der Waals surface area contributed by atoms with Crippen LogP contribution in [-0.4, -0.2) is 48.2 Å². The molecule has 1 aromatic rings. The minimum atomic E-state index is -1.43. The maximum absolute atomic E-state index is 11.9. The van der Waals surface area contributed by atoms with Crippen molar-refractivity contribution in [2.75, 3.05) is 19.4 Å². The molecule has 20 heavy (non-hydrogen) atoms. The number of para-hydroxylation sites is 1. The van der Waals surface area contributed by atoms with E-state index < -0.39 is 17.9 Å². The Hall–Kier alpha value is -2.70. The maximum Gasteiger partial charge on any atom is 0.413 e. The second kappa shape index (κ2) is 7.03. The van der Waals surface area contributed by atoms with Crippen molar-refractivity contribution in [3.8, 4) is 0 Å². The fourth-order valence-corrected chi connectivity index (χ4v) is 1.48. The molecule has 1 unspecified atom stereocenters. The fourth-order valence-electron chi connectivity index (χ4n) is 1.48. The van der Waals surface area contributed by atoms with Crippen LogP contribution in [0.5, 0.6) is 0 Å². The third-order valence-electron chi connectivity index (χ3n) is 2.60. The molecule has 0 fully saturated rings. The van der Waals surface area contributed by atoms with Gasteiger partial charge in [-0.1, -0.05) is 18.2 Å². The van der Waals surface area contributed by atoms with Gasteiger partial charge in [0, 0.05) is 19.8 Å². The molecule has 1 atom stereocenters. The van der Waals surface area contributed by atoms with Crippen LogP contribution in [0.4, 0.5) is 10.5 Å². The van der Waals surface area contributed by atoms with Crippen LogP contribution in [0.25, 0.3) is 0 Å².